The first-order valence-electron chi connectivity index (χ1n) is 3.25. The topological polar surface area (TPSA) is 0 Å². The summed E-state index contributed by atoms with van der Waals surface area (Å²) in [5, 5.41) is 0. The lowest BCUT2D eigenvalue weighted by Crippen LogP contribution is -2.16. The fraction of sp³-hybridized carbons (Fsp3) is 1.00. The van der Waals surface area contributed by atoms with E-state index in [1.54, 1.807) is 6.92 Å². The van der Waals surface area contributed by atoms with Gasteiger partial charge in [-0.15, -0.1) is 0 Å². The third-order valence-corrected chi connectivity index (χ3v) is 2.25. The minimum Gasteiger partial charge on any atom is -0.0696 e. The van der Waals surface area contributed by atoms with E-state index in [4.69, 9.17) is 2.74 Å². The second-order valence-electron chi connectivity index (χ2n) is 2.50. The Morgan fingerprint density at radius 2 is 1.67 bits per heavy atom. The number of hydrogen-bond donors (Lipinski definition) is 0. The van der Waals surface area contributed by atoms with E-state index in [0.29, 0.717) is 0 Å². The zero-order valence-corrected chi connectivity index (χ0v) is 6.00. The predicted octanol–water partition coefficient (Wildman–Crippen LogP) is 2.34. The average Bonchev–Trinajstić information content (AvgIpc) is 1.25. The first-order chi connectivity index (χ1) is 3.25. The van der Waals surface area contributed by atoms with E-state index in [9.17, 15) is 0 Å². The van der Waals surface area contributed by atoms with Crippen molar-refractivity contribution in [3.05, 3.63) is 0 Å². The van der Waals surface area contributed by atoms with Gasteiger partial charge in [0.2, 0.25) is 0 Å². The molecule has 0 fully saturated rings. The van der Waals surface area contributed by atoms with E-state index in [1.807, 2.05) is 19.6 Å². The van der Waals surface area contributed by atoms with Crippen LogP contribution in [0.15, 0.2) is 0 Å². The van der Waals surface area contributed by atoms with Crippen molar-refractivity contribution in [2.45, 2.75) is 32.6 Å². The van der Waals surface area contributed by atoms with E-state index < -0.39 is 14.1 Å². The van der Waals surface area contributed by atoms with Gasteiger partial charge in [0, 0.05) is 10.8 Å². The molecule has 0 atom stereocenters. The third kappa shape index (κ3) is 4.22. The summed E-state index contributed by atoms with van der Waals surface area (Å²) in [6, 6.07) is 0. The number of hydrogen-bond acceptors (Lipinski definition) is 0. The predicted molar refractivity (Wildman–Crippen MR) is 33.8 cm³/mol. The maximum absolute atomic E-state index is 7.31. The molecule has 0 aliphatic heterocycles. The Morgan fingerprint density at radius 3 is 1.67 bits per heavy atom. The highest BCUT2D eigenvalue weighted by Crippen LogP contribution is 2.04. The smallest absolute Gasteiger partial charge is 0.0439 e. The quantitative estimate of drug-likeness (QED) is 0.448. The van der Waals surface area contributed by atoms with Crippen LogP contribution < -0.4 is 0 Å². The molecule has 0 bridgehead atoms. The van der Waals surface area contributed by atoms with Crippen LogP contribution in [-0.4, -0.2) is 8.07 Å². The molecule has 0 spiro atoms. The standard InChI is InChI=1S/C5H14Si/c1-5-6(2,3)4/h5H2,1-4H3/i5D2. The van der Waals surface area contributed by atoms with Gasteiger partial charge in [-0.05, 0) is 0 Å². The summed E-state index contributed by atoms with van der Waals surface area (Å²) in [6.45, 7) is 7.77. The lowest BCUT2D eigenvalue weighted by Gasteiger charge is -2.09. The van der Waals surface area contributed by atoms with Crippen molar-refractivity contribution >= 4 is 8.07 Å². The Bertz CT molecular complexity index is 65.4. The lowest BCUT2D eigenvalue weighted by molar-refractivity contribution is 1.36. The maximum atomic E-state index is 7.31. The molecule has 0 saturated carbocycles. The highest BCUT2D eigenvalue weighted by molar-refractivity contribution is 6.75. The minimum atomic E-state index is -1.53. The fourth-order valence-corrected chi connectivity index (χ4v) is 0. The van der Waals surface area contributed by atoms with Crippen LogP contribution in [0.3, 0.4) is 0 Å². The van der Waals surface area contributed by atoms with Crippen LogP contribution in [0.4, 0.5) is 0 Å². The highest BCUT2D eigenvalue weighted by atomic mass is 28.3. The highest BCUT2D eigenvalue weighted by Gasteiger charge is 2.06. The van der Waals surface area contributed by atoms with Crippen molar-refractivity contribution in [2.75, 3.05) is 0 Å². The molecule has 38 valence electrons. The van der Waals surface area contributed by atoms with Crippen molar-refractivity contribution in [2.24, 2.45) is 0 Å². The Labute approximate surface area is 44.4 Å². The van der Waals surface area contributed by atoms with Crippen LogP contribution in [0.2, 0.25) is 25.6 Å². The van der Waals surface area contributed by atoms with E-state index >= 15 is 0 Å². The summed E-state index contributed by atoms with van der Waals surface area (Å²) >= 11 is 0. The molecule has 0 heterocycles. The molecule has 0 rings (SSSR count). The summed E-state index contributed by atoms with van der Waals surface area (Å²) in [4.78, 5) is 0. The molecular formula is C5H14Si. The van der Waals surface area contributed by atoms with Crippen molar-refractivity contribution in [1.82, 2.24) is 0 Å². The molecule has 0 aromatic carbocycles. The van der Waals surface area contributed by atoms with Gasteiger partial charge in [-0.3, -0.25) is 0 Å². The van der Waals surface area contributed by atoms with Gasteiger partial charge in [-0.25, -0.2) is 0 Å². The van der Waals surface area contributed by atoms with Crippen molar-refractivity contribution in [3.8, 4) is 0 Å². The van der Waals surface area contributed by atoms with Crippen molar-refractivity contribution in [1.29, 1.82) is 0 Å². The lowest BCUT2D eigenvalue weighted by atomic mass is 11.0. The van der Waals surface area contributed by atoms with Gasteiger partial charge in [-0.2, -0.15) is 0 Å². The van der Waals surface area contributed by atoms with Crippen LogP contribution in [0.5, 0.6) is 0 Å². The molecule has 0 N–H and O–H groups in total. The summed E-state index contributed by atoms with van der Waals surface area (Å²) < 4.78 is 14.6. The zero-order chi connectivity index (χ0) is 7.00. The Kier molecular flexibility index (Phi) is 0.964. The van der Waals surface area contributed by atoms with Crippen LogP contribution in [-0.2, 0) is 0 Å². The molecule has 0 aliphatic rings. The van der Waals surface area contributed by atoms with Gasteiger partial charge < -0.3 is 0 Å². The Hall–Kier alpha value is 0.217. The van der Waals surface area contributed by atoms with Gasteiger partial charge in [0.05, 0.1) is 0 Å². The van der Waals surface area contributed by atoms with Crippen LogP contribution >= 0.6 is 0 Å². The molecule has 0 aromatic heterocycles. The molecule has 1 heteroatoms. The van der Waals surface area contributed by atoms with E-state index in [1.165, 1.54) is 0 Å². The van der Waals surface area contributed by atoms with Crippen LogP contribution in [0.25, 0.3) is 0 Å². The normalized spacial score (nSPS) is 19.3. The monoisotopic (exact) mass is 104 g/mol. The minimum absolute atomic E-state index is 0.924. The fourth-order valence-electron chi connectivity index (χ4n) is 0. The Morgan fingerprint density at radius 1 is 1.50 bits per heavy atom. The molecule has 0 amide bonds. The van der Waals surface area contributed by atoms with Gasteiger partial charge in [0.15, 0.2) is 0 Å². The van der Waals surface area contributed by atoms with Crippen LogP contribution in [0.1, 0.15) is 9.67 Å². The molecule has 0 radical (unpaired) electrons. The van der Waals surface area contributed by atoms with Gasteiger partial charge in [-0.1, -0.05) is 32.6 Å². The summed E-state index contributed by atoms with van der Waals surface area (Å²) in [5.41, 5.74) is 0. The molecule has 0 aliphatic carbocycles. The largest absolute Gasteiger partial charge is 0.0696 e. The van der Waals surface area contributed by atoms with Crippen molar-refractivity contribution < 1.29 is 2.74 Å². The maximum Gasteiger partial charge on any atom is 0.0439 e. The second kappa shape index (κ2) is 1.78. The third-order valence-electron chi connectivity index (χ3n) is 0.750. The molecule has 0 unspecified atom stereocenters. The average molecular weight is 104 g/mol. The van der Waals surface area contributed by atoms with Gasteiger partial charge >= 0.3 is 0 Å². The summed E-state index contributed by atoms with van der Waals surface area (Å²) in [7, 11) is -1.53. The molecule has 0 aromatic rings. The first kappa shape index (κ1) is 3.25. The van der Waals surface area contributed by atoms with E-state index in [-0.39, 0.29) is 0 Å². The number of rotatable bonds is 1. The van der Waals surface area contributed by atoms with Crippen LogP contribution in [0, 0.1) is 0 Å². The molecule has 0 nitrogen and oxygen atoms in total. The van der Waals surface area contributed by atoms with Crippen molar-refractivity contribution in [3.63, 3.8) is 0 Å². The van der Waals surface area contributed by atoms with Gasteiger partial charge in [0.25, 0.3) is 0 Å². The van der Waals surface area contributed by atoms with E-state index in [2.05, 4.69) is 0 Å². The van der Waals surface area contributed by atoms with E-state index in [0.717, 1.165) is 0 Å². The van der Waals surface area contributed by atoms with Gasteiger partial charge in [0.1, 0.15) is 0 Å². The first-order valence-corrected chi connectivity index (χ1v) is 5.75. The second-order valence-corrected chi connectivity index (χ2v) is 7.50. The molecular weight excluding hydrogens is 88.1 g/mol. The summed E-state index contributed by atoms with van der Waals surface area (Å²) in [5.74, 6) is -0.924. The SMILES string of the molecule is [2H]C([2H])(C)[Si](C)(C)C. The molecule has 0 saturated heterocycles. The zero-order valence-electron chi connectivity index (χ0n) is 7.00. The molecule has 6 heavy (non-hydrogen) atoms. The Balaban J connectivity index is 4.02. The summed E-state index contributed by atoms with van der Waals surface area (Å²) in [6.07, 6.45) is 0.